The third kappa shape index (κ3) is 4.49. The van der Waals surface area contributed by atoms with E-state index >= 15 is 0 Å². The summed E-state index contributed by atoms with van der Waals surface area (Å²) in [6.45, 7) is 4.01. The maximum atomic E-state index is 14.6. The number of nitrogens with two attached hydrogens (primary N) is 3. The Morgan fingerprint density at radius 1 is 1.08 bits per heavy atom. The van der Waals surface area contributed by atoms with Crippen molar-refractivity contribution >= 4 is 34.2 Å². The van der Waals surface area contributed by atoms with Crippen LogP contribution in [0.5, 0.6) is 0 Å². The average molecular weight is 491 g/mol. The zero-order chi connectivity index (χ0) is 25.2. The molecule has 0 aliphatic carbocycles. The van der Waals surface area contributed by atoms with E-state index in [0.29, 0.717) is 42.4 Å². The molecule has 0 saturated carbocycles. The number of urea groups is 1. The molecule has 6 N–H and O–H groups in total. The molecule has 9 nitrogen and oxygen atoms in total. The first-order valence-electron chi connectivity index (χ1n) is 11.6. The van der Waals surface area contributed by atoms with Gasteiger partial charge in [0.2, 0.25) is 0 Å². The van der Waals surface area contributed by atoms with Gasteiger partial charge in [-0.1, -0.05) is 35.5 Å². The molecule has 0 bridgehead atoms. The van der Waals surface area contributed by atoms with Crippen LogP contribution < -0.4 is 22.1 Å². The van der Waals surface area contributed by atoms with Gasteiger partial charge in [0.1, 0.15) is 5.82 Å². The fourth-order valence-electron chi connectivity index (χ4n) is 4.52. The lowest BCUT2D eigenvalue weighted by Crippen LogP contribution is -2.35. The van der Waals surface area contributed by atoms with E-state index in [1.165, 1.54) is 12.1 Å². The summed E-state index contributed by atoms with van der Waals surface area (Å²) in [6, 6.07) is 14.6. The molecule has 1 aliphatic heterocycles. The van der Waals surface area contributed by atoms with E-state index in [4.69, 9.17) is 26.5 Å². The van der Waals surface area contributed by atoms with Crippen LogP contribution in [0, 0.1) is 5.82 Å². The van der Waals surface area contributed by atoms with Gasteiger partial charge < -0.3 is 26.5 Å². The summed E-state index contributed by atoms with van der Waals surface area (Å²) in [6.07, 6.45) is 0. The van der Waals surface area contributed by atoms with Crippen LogP contribution in [0.25, 0.3) is 22.1 Å². The van der Waals surface area contributed by atoms with Crippen molar-refractivity contribution in [2.75, 3.05) is 36.9 Å². The van der Waals surface area contributed by atoms with Crippen molar-refractivity contribution in [2.24, 2.45) is 11.5 Å². The predicted molar refractivity (Wildman–Crippen MR) is 136 cm³/mol. The third-order valence-corrected chi connectivity index (χ3v) is 6.37. The van der Waals surface area contributed by atoms with Crippen LogP contribution in [-0.2, 0) is 17.8 Å². The Kier molecular flexibility index (Phi) is 6.55. The molecule has 0 radical (unpaired) electrons. The maximum Gasteiger partial charge on any atom is 0.323 e. The lowest BCUT2D eigenvalue weighted by Gasteiger charge is -2.26. The number of rotatable bonds is 6. The molecular formula is C26H27FN6O3. The third-order valence-electron chi connectivity index (χ3n) is 6.37. The molecule has 0 spiro atoms. The first kappa shape index (κ1) is 23.7. The Morgan fingerprint density at radius 2 is 1.83 bits per heavy atom. The van der Waals surface area contributed by atoms with Crippen LogP contribution in [-0.4, -0.2) is 42.4 Å². The SMILES string of the molecule is NCc1ccc(F)c(N(C(N)=O)c2ccc(-c3ccc(CN4CCOCC4)c4onc(N)c34)cc2)c1. The first-order chi connectivity index (χ1) is 17.5. The summed E-state index contributed by atoms with van der Waals surface area (Å²) in [5.41, 5.74) is 21.9. The van der Waals surface area contributed by atoms with Crippen molar-refractivity contribution in [3.8, 4) is 11.1 Å². The summed E-state index contributed by atoms with van der Waals surface area (Å²) >= 11 is 0. The zero-order valence-corrected chi connectivity index (χ0v) is 19.6. The van der Waals surface area contributed by atoms with Crippen molar-refractivity contribution in [3.63, 3.8) is 0 Å². The van der Waals surface area contributed by atoms with E-state index in [2.05, 4.69) is 10.1 Å². The molecule has 186 valence electrons. The largest absolute Gasteiger partial charge is 0.380 e. The van der Waals surface area contributed by atoms with E-state index < -0.39 is 11.8 Å². The Hall–Kier alpha value is -3.99. The number of hydrogen-bond acceptors (Lipinski definition) is 7. The highest BCUT2D eigenvalue weighted by atomic mass is 19.1. The molecule has 10 heteroatoms. The van der Waals surface area contributed by atoms with E-state index in [0.717, 1.165) is 40.1 Å². The maximum absolute atomic E-state index is 14.6. The highest BCUT2D eigenvalue weighted by Gasteiger charge is 2.21. The van der Waals surface area contributed by atoms with Gasteiger partial charge in [0.15, 0.2) is 11.4 Å². The van der Waals surface area contributed by atoms with Crippen molar-refractivity contribution in [1.29, 1.82) is 0 Å². The highest BCUT2D eigenvalue weighted by Crippen LogP contribution is 2.37. The van der Waals surface area contributed by atoms with Crippen molar-refractivity contribution in [3.05, 3.63) is 71.5 Å². The summed E-state index contributed by atoms with van der Waals surface area (Å²) in [4.78, 5) is 15.7. The quantitative estimate of drug-likeness (QED) is 0.375. The molecule has 1 saturated heterocycles. The van der Waals surface area contributed by atoms with Crippen LogP contribution in [0.1, 0.15) is 11.1 Å². The fraction of sp³-hybridized carbons (Fsp3) is 0.231. The first-order valence-corrected chi connectivity index (χ1v) is 11.6. The second-order valence-electron chi connectivity index (χ2n) is 8.64. The number of ether oxygens (including phenoxy) is 1. The molecule has 1 fully saturated rings. The van der Waals surface area contributed by atoms with Crippen LogP contribution in [0.4, 0.5) is 26.4 Å². The van der Waals surface area contributed by atoms with Crippen molar-refractivity contribution in [2.45, 2.75) is 13.1 Å². The van der Waals surface area contributed by atoms with E-state index in [1.807, 2.05) is 24.3 Å². The number of amides is 2. The van der Waals surface area contributed by atoms with Crippen LogP contribution in [0.2, 0.25) is 0 Å². The molecule has 4 aromatic rings. The number of hydrogen-bond donors (Lipinski definition) is 3. The average Bonchev–Trinajstić information content (AvgIpc) is 3.28. The summed E-state index contributed by atoms with van der Waals surface area (Å²) in [5, 5.41) is 4.73. The number of carbonyl (C=O) groups is 1. The summed E-state index contributed by atoms with van der Waals surface area (Å²) in [5.74, 6) is -0.280. The molecule has 2 heterocycles. The molecule has 0 atom stereocenters. The summed E-state index contributed by atoms with van der Waals surface area (Å²) < 4.78 is 25.7. The highest BCUT2D eigenvalue weighted by molar-refractivity contribution is 6.03. The Balaban J connectivity index is 1.49. The molecule has 36 heavy (non-hydrogen) atoms. The van der Waals surface area contributed by atoms with Gasteiger partial charge >= 0.3 is 6.03 Å². The Bertz CT molecular complexity index is 1400. The van der Waals surface area contributed by atoms with Gasteiger partial charge in [0, 0.05) is 31.7 Å². The number of fused-ring (bicyclic) bond motifs is 1. The molecular weight excluding hydrogens is 463 g/mol. The minimum Gasteiger partial charge on any atom is -0.380 e. The molecule has 5 rings (SSSR count). The fourth-order valence-corrected chi connectivity index (χ4v) is 4.52. The van der Waals surface area contributed by atoms with Gasteiger partial charge in [0.05, 0.1) is 30.0 Å². The number of aromatic nitrogens is 1. The van der Waals surface area contributed by atoms with Gasteiger partial charge in [-0.25, -0.2) is 9.18 Å². The zero-order valence-electron chi connectivity index (χ0n) is 19.6. The molecule has 1 aromatic heterocycles. The van der Waals surface area contributed by atoms with Crippen molar-refractivity contribution in [1.82, 2.24) is 10.1 Å². The van der Waals surface area contributed by atoms with Gasteiger partial charge in [-0.2, -0.15) is 0 Å². The lowest BCUT2D eigenvalue weighted by molar-refractivity contribution is 0.0342. The predicted octanol–water partition coefficient (Wildman–Crippen LogP) is 3.72. The topological polar surface area (TPSA) is 137 Å². The summed E-state index contributed by atoms with van der Waals surface area (Å²) in [7, 11) is 0. The minimum atomic E-state index is -0.811. The van der Waals surface area contributed by atoms with E-state index in [-0.39, 0.29) is 12.2 Å². The normalized spacial score (nSPS) is 14.3. The van der Waals surface area contributed by atoms with Crippen LogP contribution in [0.15, 0.2) is 59.1 Å². The Labute approximate surface area is 207 Å². The molecule has 2 amide bonds. The number of benzene rings is 3. The van der Waals surface area contributed by atoms with Gasteiger partial charge in [-0.05, 0) is 41.0 Å². The molecule has 1 aliphatic rings. The van der Waals surface area contributed by atoms with Gasteiger partial charge in [-0.3, -0.25) is 9.80 Å². The van der Waals surface area contributed by atoms with E-state index in [9.17, 15) is 9.18 Å². The number of halogens is 1. The monoisotopic (exact) mass is 490 g/mol. The number of carbonyl (C=O) groups excluding carboxylic acids is 1. The minimum absolute atomic E-state index is 0.0383. The van der Waals surface area contributed by atoms with Gasteiger partial charge in [0.25, 0.3) is 0 Å². The molecule has 3 aromatic carbocycles. The van der Waals surface area contributed by atoms with Crippen LogP contribution >= 0.6 is 0 Å². The van der Waals surface area contributed by atoms with Gasteiger partial charge in [-0.15, -0.1) is 0 Å². The Morgan fingerprint density at radius 3 is 2.53 bits per heavy atom. The van der Waals surface area contributed by atoms with E-state index in [1.54, 1.807) is 18.2 Å². The number of primary amides is 1. The van der Waals surface area contributed by atoms with Crippen LogP contribution in [0.3, 0.4) is 0 Å². The second-order valence-corrected chi connectivity index (χ2v) is 8.64. The number of nitrogens with zero attached hydrogens (tertiary/aromatic N) is 3. The van der Waals surface area contributed by atoms with Crippen molar-refractivity contribution < 1.29 is 18.4 Å². The standard InChI is InChI=1S/C26H27FN6O3/c27-21-8-1-16(14-28)13-22(21)33(26(30)34)19-5-2-17(3-6-19)20-7-4-18(15-32-9-11-35-12-10-32)24-23(20)25(29)31-36-24/h1-8,13H,9-12,14-15,28H2,(H2,29,31)(H2,30,34). The number of nitrogen functional groups attached to an aromatic ring is 1. The number of morpholine rings is 1. The lowest BCUT2D eigenvalue weighted by atomic mass is 9.98. The second kappa shape index (κ2) is 9.94. The number of anilines is 3. The smallest absolute Gasteiger partial charge is 0.323 e. The molecule has 0 unspecified atom stereocenters.